The standard InChI is InChI=1S/C60H102O6/c1-4-7-10-13-16-19-22-25-28-30-32-35-38-41-44-47-50-53-59(62)65-56-57(55-64-58(61)52-49-46-43-40-37-34-27-24-21-18-15-12-9-6-3)66-60(63)54-51-48-45-42-39-36-33-31-29-26-23-20-17-14-11-8-5-2/h7,10,16-17,19-20,25-26,28-29,32,35,41,44,57H,4-6,8-9,11-15,18,21-24,27,30-31,33-34,36-40,42-43,45-56H2,1-3H3/b10-7+,19-16+,20-17+,28-25+,29-26+,35-32+,44-41+/t57-/m1/s1. The minimum absolute atomic E-state index is 0.0958. The highest BCUT2D eigenvalue weighted by Gasteiger charge is 2.19. The molecule has 0 aliphatic heterocycles. The largest absolute Gasteiger partial charge is 0.462 e. The molecule has 0 unspecified atom stereocenters. The van der Waals surface area contributed by atoms with Gasteiger partial charge in [-0.05, 0) is 89.9 Å². The van der Waals surface area contributed by atoms with Crippen LogP contribution in [0.2, 0.25) is 0 Å². The second-order valence-electron chi connectivity index (χ2n) is 18.1. The maximum absolute atomic E-state index is 12.8. The van der Waals surface area contributed by atoms with Crippen molar-refractivity contribution in [2.45, 2.75) is 264 Å². The first-order valence-electron chi connectivity index (χ1n) is 27.6. The molecule has 1 atom stereocenters. The molecule has 0 fully saturated rings. The van der Waals surface area contributed by atoms with Gasteiger partial charge >= 0.3 is 17.9 Å². The van der Waals surface area contributed by atoms with E-state index in [0.29, 0.717) is 19.3 Å². The fourth-order valence-electron chi connectivity index (χ4n) is 7.51. The summed E-state index contributed by atoms with van der Waals surface area (Å²) in [4.78, 5) is 38.1. The molecule has 0 aromatic rings. The van der Waals surface area contributed by atoms with Crippen LogP contribution in [0.25, 0.3) is 0 Å². The third-order valence-electron chi connectivity index (χ3n) is 11.6. The number of hydrogen-bond acceptors (Lipinski definition) is 6. The Kier molecular flexibility index (Phi) is 51.4. The molecule has 0 spiro atoms. The summed E-state index contributed by atoms with van der Waals surface area (Å²) in [6, 6.07) is 0. The lowest BCUT2D eigenvalue weighted by atomic mass is 10.0. The van der Waals surface area contributed by atoms with Gasteiger partial charge < -0.3 is 14.2 Å². The van der Waals surface area contributed by atoms with Gasteiger partial charge in [-0.2, -0.15) is 0 Å². The number of rotatable bonds is 49. The Labute approximate surface area is 407 Å². The number of ether oxygens (including phenoxy) is 3. The predicted molar refractivity (Wildman–Crippen MR) is 284 cm³/mol. The molecule has 378 valence electrons. The number of hydrogen-bond donors (Lipinski definition) is 0. The van der Waals surface area contributed by atoms with Gasteiger partial charge in [0.15, 0.2) is 6.10 Å². The quantitative estimate of drug-likeness (QED) is 0.0262. The van der Waals surface area contributed by atoms with Crippen molar-refractivity contribution in [1.29, 1.82) is 0 Å². The van der Waals surface area contributed by atoms with Crippen LogP contribution in [0, 0.1) is 0 Å². The molecule has 0 amide bonds. The third kappa shape index (κ3) is 51.6. The van der Waals surface area contributed by atoms with Crippen LogP contribution in [0.3, 0.4) is 0 Å². The molecule has 0 bridgehead atoms. The van der Waals surface area contributed by atoms with Gasteiger partial charge in [0.25, 0.3) is 0 Å². The summed E-state index contributed by atoms with van der Waals surface area (Å²) in [5.74, 6) is -0.960. The fraction of sp³-hybridized carbons (Fsp3) is 0.717. The van der Waals surface area contributed by atoms with Gasteiger partial charge in [0.05, 0.1) is 0 Å². The van der Waals surface area contributed by atoms with Crippen molar-refractivity contribution in [3.05, 3.63) is 85.1 Å². The molecular weight excluding hydrogens is 817 g/mol. The van der Waals surface area contributed by atoms with Crippen LogP contribution in [0.1, 0.15) is 258 Å². The van der Waals surface area contributed by atoms with E-state index in [2.05, 4.69) is 106 Å². The number of esters is 3. The van der Waals surface area contributed by atoms with Gasteiger partial charge in [-0.15, -0.1) is 0 Å². The van der Waals surface area contributed by atoms with Gasteiger partial charge in [-0.3, -0.25) is 14.4 Å². The molecule has 0 rings (SSSR count). The molecular formula is C60H102O6. The smallest absolute Gasteiger partial charge is 0.306 e. The lowest BCUT2D eigenvalue weighted by Gasteiger charge is -2.18. The molecule has 0 aliphatic carbocycles. The zero-order valence-electron chi connectivity index (χ0n) is 43.2. The second-order valence-corrected chi connectivity index (χ2v) is 18.1. The highest BCUT2D eigenvalue weighted by atomic mass is 16.6. The van der Waals surface area contributed by atoms with Crippen molar-refractivity contribution in [2.24, 2.45) is 0 Å². The first-order chi connectivity index (χ1) is 32.5. The molecule has 0 aliphatic rings. The van der Waals surface area contributed by atoms with E-state index < -0.39 is 6.10 Å². The highest BCUT2D eigenvalue weighted by molar-refractivity contribution is 5.71. The normalized spacial score (nSPS) is 12.7. The Morgan fingerprint density at radius 3 is 1.02 bits per heavy atom. The predicted octanol–water partition coefficient (Wildman–Crippen LogP) is 18.4. The molecule has 6 heteroatoms. The van der Waals surface area contributed by atoms with Crippen LogP contribution in [-0.4, -0.2) is 37.2 Å². The van der Waals surface area contributed by atoms with Crippen molar-refractivity contribution in [2.75, 3.05) is 13.2 Å². The summed E-state index contributed by atoms with van der Waals surface area (Å²) >= 11 is 0. The maximum Gasteiger partial charge on any atom is 0.306 e. The molecule has 0 N–H and O–H groups in total. The number of allylic oxidation sites excluding steroid dienone is 14. The van der Waals surface area contributed by atoms with Crippen molar-refractivity contribution < 1.29 is 28.6 Å². The zero-order chi connectivity index (χ0) is 47.9. The fourth-order valence-corrected chi connectivity index (χ4v) is 7.51. The van der Waals surface area contributed by atoms with E-state index in [1.54, 1.807) is 0 Å². The molecule has 0 saturated carbocycles. The topological polar surface area (TPSA) is 78.9 Å². The summed E-state index contributed by atoms with van der Waals surface area (Å²) in [7, 11) is 0. The van der Waals surface area contributed by atoms with Crippen LogP contribution in [0.5, 0.6) is 0 Å². The summed E-state index contributed by atoms with van der Waals surface area (Å²) in [5.41, 5.74) is 0. The van der Waals surface area contributed by atoms with Gasteiger partial charge in [0.2, 0.25) is 0 Å². The average Bonchev–Trinajstić information content (AvgIpc) is 3.31. The minimum Gasteiger partial charge on any atom is -0.462 e. The first-order valence-corrected chi connectivity index (χ1v) is 27.6. The average molecular weight is 919 g/mol. The van der Waals surface area contributed by atoms with Crippen molar-refractivity contribution in [3.8, 4) is 0 Å². The first kappa shape index (κ1) is 62.6. The number of carbonyl (C=O) groups excluding carboxylic acids is 3. The molecule has 0 aromatic carbocycles. The second kappa shape index (κ2) is 54.2. The van der Waals surface area contributed by atoms with Crippen LogP contribution in [0.15, 0.2) is 85.1 Å². The van der Waals surface area contributed by atoms with Crippen LogP contribution in [-0.2, 0) is 28.6 Å². The Morgan fingerprint density at radius 2 is 0.606 bits per heavy atom. The van der Waals surface area contributed by atoms with E-state index >= 15 is 0 Å². The zero-order valence-corrected chi connectivity index (χ0v) is 43.2. The SMILES string of the molecule is CC/C=C/C/C=C/C/C=C/C/C=C/C/C=C/CCCC(=O)OC[C@@H](COC(=O)CCCCCCCCCCCCCCCC)OC(=O)CCCCCCCCC/C=C/C/C=C/CCCCC. The lowest BCUT2D eigenvalue weighted by molar-refractivity contribution is -0.167. The van der Waals surface area contributed by atoms with Crippen LogP contribution in [0.4, 0.5) is 0 Å². The molecule has 0 heterocycles. The Bertz CT molecular complexity index is 1290. The van der Waals surface area contributed by atoms with E-state index in [4.69, 9.17) is 14.2 Å². The molecule has 0 radical (unpaired) electrons. The van der Waals surface area contributed by atoms with E-state index in [1.165, 1.54) is 122 Å². The van der Waals surface area contributed by atoms with Crippen LogP contribution >= 0.6 is 0 Å². The summed E-state index contributed by atoms with van der Waals surface area (Å²) < 4.78 is 16.8. The van der Waals surface area contributed by atoms with Crippen LogP contribution < -0.4 is 0 Å². The van der Waals surface area contributed by atoms with E-state index in [0.717, 1.165) is 89.9 Å². The van der Waals surface area contributed by atoms with Crippen molar-refractivity contribution in [3.63, 3.8) is 0 Å². The molecule has 6 nitrogen and oxygen atoms in total. The summed E-state index contributed by atoms with van der Waals surface area (Å²) in [5, 5.41) is 0. The maximum atomic E-state index is 12.8. The number of carbonyl (C=O) groups is 3. The van der Waals surface area contributed by atoms with Gasteiger partial charge in [0, 0.05) is 19.3 Å². The lowest BCUT2D eigenvalue weighted by Crippen LogP contribution is -2.30. The highest BCUT2D eigenvalue weighted by Crippen LogP contribution is 2.15. The Balaban J connectivity index is 4.48. The van der Waals surface area contributed by atoms with Gasteiger partial charge in [0.1, 0.15) is 13.2 Å². The molecule has 0 saturated heterocycles. The molecule has 66 heavy (non-hydrogen) atoms. The summed E-state index contributed by atoms with van der Waals surface area (Å²) in [6.45, 7) is 6.46. The molecule has 0 aromatic heterocycles. The van der Waals surface area contributed by atoms with Crippen molar-refractivity contribution in [1.82, 2.24) is 0 Å². The number of unbranched alkanes of at least 4 members (excludes halogenated alkanes) is 24. The van der Waals surface area contributed by atoms with Crippen molar-refractivity contribution >= 4 is 17.9 Å². The monoisotopic (exact) mass is 919 g/mol. The Morgan fingerprint density at radius 1 is 0.318 bits per heavy atom. The van der Waals surface area contributed by atoms with E-state index in [9.17, 15) is 14.4 Å². The van der Waals surface area contributed by atoms with E-state index in [1.807, 2.05) is 0 Å². The minimum atomic E-state index is -0.802. The summed E-state index contributed by atoms with van der Waals surface area (Å²) in [6.07, 6.45) is 70.0. The van der Waals surface area contributed by atoms with Gasteiger partial charge in [-0.25, -0.2) is 0 Å². The van der Waals surface area contributed by atoms with E-state index in [-0.39, 0.29) is 37.5 Å². The third-order valence-corrected chi connectivity index (χ3v) is 11.6. The van der Waals surface area contributed by atoms with Gasteiger partial charge in [-0.1, -0.05) is 234 Å². The Hall–Kier alpha value is -3.41.